The van der Waals surface area contributed by atoms with Gasteiger partial charge in [-0.05, 0) is 97.6 Å². The van der Waals surface area contributed by atoms with Gasteiger partial charge in [-0.1, -0.05) is 59.7 Å². The lowest BCUT2D eigenvalue weighted by atomic mass is 10.0. The van der Waals surface area contributed by atoms with Crippen molar-refractivity contribution in [2.24, 2.45) is 0 Å². The van der Waals surface area contributed by atoms with Crippen LogP contribution in [0.15, 0.2) is 47.5 Å². The average molecular weight is 341 g/mol. The molecule has 0 radical (unpaired) electrons. The van der Waals surface area contributed by atoms with E-state index < -0.39 is 0 Å². The molecule has 0 saturated heterocycles. The third-order valence-electron chi connectivity index (χ3n) is 6.18. The summed E-state index contributed by atoms with van der Waals surface area (Å²) in [7, 11) is 0. The Kier molecular flexibility index (Phi) is 3.89. The molecule has 0 bridgehead atoms. The van der Waals surface area contributed by atoms with Crippen molar-refractivity contribution in [2.45, 2.75) is 64.2 Å². The van der Waals surface area contributed by atoms with Crippen molar-refractivity contribution in [2.75, 3.05) is 0 Å². The first-order valence-corrected chi connectivity index (χ1v) is 10.3. The Morgan fingerprint density at radius 1 is 0.615 bits per heavy atom. The number of hydrogen-bond donors (Lipinski definition) is 0. The zero-order chi connectivity index (χ0) is 17.7. The van der Waals surface area contributed by atoms with Crippen molar-refractivity contribution in [1.29, 1.82) is 0 Å². The Morgan fingerprint density at radius 3 is 1.42 bits per heavy atom. The Balaban J connectivity index is 0.000000115. The summed E-state index contributed by atoms with van der Waals surface area (Å²) in [5, 5.41) is 0. The lowest BCUT2D eigenvalue weighted by Gasteiger charge is -2.02. The molecule has 0 nitrogen and oxygen atoms in total. The summed E-state index contributed by atoms with van der Waals surface area (Å²) in [6, 6.07) is 14.1. The van der Waals surface area contributed by atoms with E-state index in [9.17, 15) is 0 Å². The maximum atomic E-state index is 2.39. The second-order valence-electron chi connectivity index (χ2n) is 8.80. The van der Waals surface area contributed by atoms with Crippen LogP contribution in [0.1, 0.15) is 84.7 Å². The van der Waals surface area contributed by atoms with Crippen LogP contribution in [-0.4, -0.2) is 0 Å². The van der Waals surface area contributed by atoms with E-state index in [2.05, 4.69) is 62.4 Å². The van der Waals surface area contributed by atoms with Gasteiger partial charge in [0.05, 0.1) is 0 Å². The van der Waals surface area contributed by atoms with Gasteiger partial charge in [-0.15, -0.1) is 0 Å². The van der Waals surface area contributed by atoms with Gasteiger partial charge in [-0.2, -0.15) is 0 Å². The van der Waals surface area contributed by atoms with Crippen molar-refractivity contribution >= 4 is 12.2 Å². The first kappa shape index (κ1) is 16.1. The molecule has 0 unspecified atom stereocenters. The lowest BCUT2D eigenvalue weighted by Crippen LogP contribution is -1.85. The average Bonchev–Trinajstić information content (AvgIpc) is 3.53. The summed E-state index contributed by atoms with van der Waals surface area (Å²) in [5.41, 5.74) is 12.1. The molecule has 6 rings (SSSR count). The molecular weight excluding hydrogens is 312 g/mol. The molecule has 0 aliphatic heterocycles. The Hall–Kier alpha value is -2.08. The van der Waals surface area contributed by atoms with E-state index >= 15 is 0 Å². The number of benzene rings is 2. The molecule has 2 saturated carbocycles. The third-order valence-corrected chi connectivity index (χ3v) is 6.18. The van der Waals surface area contributed by atoms with Crippen LogP contribution in [0.3, 0.4) is 0 Å². The van der Waals surface area contributed by atoms with Crippen LogP contribution in [0.25, 0.3) is 12.2 Å². The van der Waals surface area contributed by atoms with Gasteiger partial charge in [0.25, 0.3) is 0 Å². The molecule has 0 spiro atoms. The SMILES string of the molecule is CC1=Cc2cc(C3CC3)ccc2C1.CC1=Cc2cc(C3CC3)ccc2C1. The number of hydrogen-bond acceptors (Lipinski definition) is 0. The molecule has 0 N–H and O–H groups in total. The van der Waals surface area contributed by atoms with Crippen LogP contribution in [0, 0.1) is 0 Å². The highest BCUT2D eigenvalue weighted by Crippen LogP contribution is 2.42. The Morgan fingerprint density at radius 2 is 1.04 bits per heavy atom. The largest absolute Gasteiger partial charge is 0.0683 e. The molecule has 132 valence electrons. The van der Waals surface area contributed by atoms with Gasteiger partial charge in [0.15, 0.2) is 0 Å². The summed E-state index contributed by atoms with van der Waals surface area (Å²) in [6.45, 7) is 4.44. The van der Waals surface area contributed by atoms with E-state index in [-0.39, 0.29) is 0 Å². The van der Waals surface area contributed by atoms with E-state index in [0.717, 1.165) is 11.8 Å². The molecule has 2 aromatic carbocycles. The van der Waals surface area contributed by atoms with Gasteiger partial charge in [-0.3, -0.25) is 0 Å². The molecule has 0 heteroatoms. The fourth-order valence-corrected chi connectivity index (χ4v) is 4.39. The maximum absolute atomic E-state index is 2.39. The molecule has 2 aromatic rings. The molecule has 0 amide bonds. The highest BCUT2D eigenvalue weighted by Gasteiger charge is 2.25. The number of allylic oxidation sites excluding steroid dienone is 2. The second kappa shape index (κ2) is 6.27. The minimum absolute atomic E-state index is 0.889. The maximum Gasteiger partial charge on any atom is -0.00606 e. The van der Waals surface area contributed by atoms with E-state index in [1.807, 2.05) is 0 Å². The highest BCUT2D eigenvalue weighted by atomic mass is 14.3. The minimum Gasteiger partial charge on any atom is -0.0683 e. The summed E-state index contributed by atoms with van der Waals surface area (Å²) in [5.74, 6) is 1.78. The summed E-state index contributed by atoms with van der Waals surface area (Å²) in [6.07, 6.45) is 12.6. The van der Waals surface area contributed by atoms with Crippen LogP contribution in [0.2, 0.25) is 0 Å². The molecule has 0 heterocycles. The first-order chi connectivity index (χ1) is 12.7. The van der Waals surface area contributed by atoms with E-state index in [4.69, 9.17) is 0 Å². The van der Waals surface area contributed by atoms with Crippen LogP contribution in [-0.2, 0) is 12.8 Å². The van der Waals surface area contributed by atoms with Crippen molar-refractivity contribution in [3.8, 4) is 0 Å². The highest BCUT2D eigenvalue weighted by molar-refractivity contribution is 5.65. The molecule has 2 fully saturated rings. The van der Waals surface area contributed by atoms with Gasteiger partial charge in [0, 0.05) is 0 Å². The molecule has 0 atom stereocenters. The fourth-order valence-electron chi connectivity index (χ4n) is 4.39. The van der Waals surface area contributed by atoms with Gasteiger partial charge in [-0.25, -0.2) is 0 Å². The Labute approximate surface area is 157 Å². The molecule has 0 aromatic heterocycles. The summed E-state index contributed by atoms with van der Waals surface area (Å²) in [4.78, 5) is 0. The van der Waals surface area contributed by atoms with Crippen LogP contribution in [0.4, 0.5) is 0 Å². The number of rotatable bonds is 2. The fraction of sp³-hybridized carbons (Fsp3) is 0.385. The van der Waals surface area contributed by atoms with Crippen LogP contribution >= 0.6 is 0 Å². The van der Waals surface area contributed by atoms with Crippen LogP contribution in [0.5, 0.6) is 0 Å². The van der Waals surface area contributed by atoms with Crippen molar-refractivity contribution < 1.29 is 0 Å². The van der Waals surface area contributed by atoms with E-state index in [1.54, 1.807) is 11.1 Å². The topological polar surface area (TPSA) is 0 Å². The third kappa shape index (κ3) is 3.30. The minimum atomic E-state index is 0.889. The Bertz CT molecular complexity index is 840. The zero-order valence-electron chi connectivity index (χ0n) is 16.0. The van der Waals surface area contributed by atoms with Crippen molar-refractivity contribution in [1.82, 2.24) is 0 Å². The molecule has 4 aliphatic rings. The summed E-state index contributed by atoms with van der Waals surface area (Å²) < 4.78 is 0. The normalized spacial score (nSPS) is 19.9. The van der Waals surface area contributed by atoms with Crippen molar-refractivity contribution in [3.63, 3.8) is 0 Å². The second-order valence-corrected chi connectivity index (χ2v) is 8.80. The first-order valence-electron chi connectivity index (χ1n) is 10.3. The quantitative estimate of drug-likeness (QED) is 0.549. The molecule has 4 aliphatic carbocycles. The van der Waals surface area contributed by atoms with Gasteiger partial charge in [0.2, 0.25) is 0 Å². The van der Waals surface area contributed by atoms with E-state index in [0.29, 0.717) is 0 Å². The van der Waals surface area contributed by atoms with E-state index in [1.165, 1.54) is 71.9 Å². The lowest BCUT2D eigenvalue weighted by molar-refractivity contribution is 1.11. The number of fused-ring (bicyclic) bond motifs is 2. The smallest absolute Gasteiger partial charge is 0.00606 e. The monoisotopic (exact) mass is 340 g/mol. The molecule has 26 heavy (non-hydrogen) atoms. The van der Waals surface area contributed by atoms with Gasteiger partial charge < -0.3 is 0 Å². The van der Waals surface area contributed by atoms with Gasteiger partial charge >= 0.3 is 0 Å². The predicted molar refractivity (Wildman–Crippen MR) is 112 cm³/mol. The predicted octanol–water partition coefficient (Wildman–Crippen LogP) is 7.05. The standard InChI is InChI=1S/2C13H14/c2*1-9-6-11-4-5-12(10-2-3-10)8-13(11)7-9/h2*4-5,7-8,10H,2-3,6H2,1H3. The van der Waals surface area contributed by atoms with Crippen molar-refractivity contribution in [3.05, 3.63) is 80.9 Å². The van der Waals surface area contributed by atoms with Crippen LogP contribution < -0.4 is 0 Å². The summed E-state index contributed by atoms with van der Waals surface area (Å²) >= 11 is 0. The molecular formula is C26H28. The van der Waals surface area contributed by atoms with Gasteiger partial charge in [0.1, 0.15) is 0 Å². The zero-order valence-corrected chi connectivity index (χ0v) is 16.0.